The van der Waals surface area contributed by atoms with Gasteiger partial charge in [-0.25, -0.2) is 4.98 Å². The van der Waals surface area contributed by atoms with Gasteiger partial charge in [0.25, 0.3) is 5.19 Å². The minimum absolute atomic E-state index is 0.616. The van der Waals surface area contributed by atoms with Crippen molar-refractivity contribution in [2.45, 2.75) is 13.5 Å². The fourth-order valence-corrected chi connectivity index (χ4v) is 2.49. The molecule has 0 saturated heterocycles. The molecule has 0 aliphatic heterocycles. The number of fused-ring (bicyclic) bond motifs is 1. The summed E-state index contributed by atoms with van der Waals surface area (Å²) >= 11 is 1.55. The van der Waals surface area contributed by atoms with E-state index in [9.17, 15) is 0 Å². The summed E-state index contributed by atoms with van der Waals surface area (Å²) in [5, 5.41) is 0.689. The number of rotatable bonds is 3. The zero-order chi connectivity index (χ0) is 10.8. The van der Waals surface area contributed by atoms with E-state index in [-0.39, 0.29) is 0 Å². The number of nitrogens with zero attached hydrogens (tertiary/aromatic N) is 1. The molecule has 1 aromatic carbocycles. The van der Waals surface area contributed by atoms with E-state index in [0.29, 0.717) is 11.7 Å². The van der Waals surface area contributed by atoms with Crippen LogP contribution in [0.1, 0.15) is 11.1 Å². The third kappa shape index (κ3) is 1.94. The summed E-state index contributed by atoms with van der Waals surface area (Å²) in [6, 6.07) is 4.19. The molecule has 0 bridgehead atoms. The molecule has 3 N–H and O–H groups in total. The van der Waals surface area contributed by atoms with Crippen LogP contribution in [-0.4, -0.2) is 12.1 Å². The lowest BCUT2D eigenvalue weighted by Gasteiger charge is -2.02. The smallest absolute Gasteiger partial charge is 0.274 e. The Morgan fingerprint density at radius 1 is 1.53 bits per heavy atom. The summed E-state index contributed by atoms with van der Waals surface area (Å²) in [5.41, 5.74) is 5.94. The zero-order valence-electron chi connectivity index (χ0n) is 8.70. The Morgan fingerprint density at radius 2 is 2.33 bits per heavy atom. The molecule has 80 valence electrons. The van der Waals surface area contributed by atoms with Crippen molar-refractivity contribution in [3.63, 3.8) is 0 Å². The zero-order valence-corrected chi connectivity index (χ0v) is 9.52. The lowest BCUT2D eigenvalue weighted by atomic mass is 10.1. The number of methoxy groups -OCH3 is 1. The Bertz CT molecular complexity index is 481. The summed E-state index contributed by atoms with van der Waals surface area (Å²) in [6.07, 6.45) is 0. The van der Waals surface area contributed by atoms with Crippen LogP contribution in [0, 0.1) is 6.92 Å². The molecule has 0 unspecified atom stereocenters. The molecular weight excluding hydrogens is 210 g/mol. The lowest BCUT2D eigenvalue weighted by molar-refractivity contribution is 0.413. The Labute approximate surface area is 92.0 Å². The largest absolute Gasteiger partial charge is 0.473 e. The van der Waals surface area contributed by atoms with Crippen molar-refractivity contribution in [3.8, 4) is 5.19 Å². The van der Waals surface area contributed by atoms with Crippen LogP contribution in [0.3, 0.4) is 0 Å². The second-order valence-corrected chi connectivity index (χ2v) is 4.33. The molecule has 2 aromatic rings. The molecule has 15 heavy (non-hydrogen) atoms. The van der Waals surface area contributed by atoms with Crippen LogP contribution in [0.5, 0.6) is 5.19 Å². The fourth-order valence-electron chi connectivity index (χ4n) is 1.56. The number of nitrogens with one attached hydrogen (secondary N) is 1. The van der Waals surface area contributed by atoms with Gasteiger partial charge in [0, 0.05) is 6.54 Å². The molecule has 0 fully saturated rings. The van der Waals surface area contributed by atoms with Gasteiger partial charge in [-0.05, 0) is 24.1 Å². The Morgan fingerprint density at radius 3 is 3.00 bits per heavy atom. The summed E-state index contributed by atoms with van der Waals surface area (Å²) < 4.78 is 6.26. The molecule has 0 spiro atoms. The maximum absolute atomic E-state index is 5.34. The van der Waals surface area contributed by atoms with E-state index >= 15 is 0 Å². The third-order valence-electron chi connectivity index (χ3n) is 2.17. The first-order chi connectivity index (χ1) is 7.24. The van der Waals surface area contributed by atoms with Gasteiger partial charge in [-0.1, -0.05) is 17.4 Å². The second-order valence-electron chi connectivity index (χ2n) is 3.34. The van der Waals surface area contributed by atoms with Crippen LogP contribution in [0.15, 0.2) is 12.1 Å². The van der Waals surface area contributed by atoms with Crippen molar-refractivity contribution in [2.75, 3.05) is 7.11 Å². The number of thiazole rings is 1. The van der Waals surface area contributed by atoms with Crippen molar-refractivity contribution in [3.05, 3.63) is 23.3 Å². The minimum Gasteiger partial charge on any atom is -0.473 e. The van der Waals surface area contributed by atoms with Crippen LogP contribution < -0.4 is 16.0 Å². The average molecular weight is 223 g/mol. The highest BCUT2D eigenvalue weighted by Crippen LogP contribution is 2.30. The normalized spacial score (nSPS) is 10.9. The van der Waals surface area contributed by atoms with Gasteiger partial charge in [0.05, 0.1) is 17.3 Å². The van der Waals surface area contributed by atoms with E-state index < -0.39 is 0 Å². The average Bonchev–Trinajstić information content (AvgIpc) is 2.61. The van der Waals surface area contributed by atoms with Gasteiger partial charge in [0.2, 0.25) is 0 Å². The van der Waals surface area contributed by atoms with Crippen LogP contribution in [0.25, 0.3) is 10.2 Å². The number of aryl methyl sites for hydroxylation is 1. The van der Waals surface area contributed by atoms with Crippen molar-refractivity contribution in [1.82, 2.24) is 10.4 Å². The van der Waals surface area contributed by atoms with Gasteiger partial charge >= 0.3 is 0 Å². The summed E-state index contributed by atoms with van der Waals surface area (Å²) in [7, 11) is 1.63. The topological polar surface area (TPSA) is 60.2 Å². The Hall–Kier alpha value is -1.17. The molecule has 1 aromatic heterocycles. The highest BCUT2D eigenvalue weighted by molar-refractivity contribution is 7.20. The predicted octanol–water partition coefficient (Wildman–Crippen LogP) is 1.58. The first-order valence-corrected chi connectivity index (χ1v) is 5.43. The summed E-state index contributed by atoms with van der Waals surface area (Å²) in [4.78, 5) is 4.39. The molecule has 4 nitrogen and oxygen atoms in total. The van der Waals surface area contributed by atoms with Crippen molar-refractivity contribution >= 4 is 21.6 Å². The maximum atomic E-state index is 5.34. The van der Waals surface area contributed by atoms with Gasteiger partial charge in [0.1, 0.15) is 0 Å². The number of hydrogen-bond acceptors (Lipinski definition) is 5. The summed E-state index contributed by atoms with van der Waals surface area (Å²) in [5.74, 6) is 5.34. The van der Waals surface area contributed by atoms with Gasteiger partial charge in [0.15, 0.2) is 0 Å². The van der Waals surface area contributed by atoms with Crippen LogP contribution in [0.2, 0.25) is 0 Å². The van der Waals surface area contributed by atoms with E-state index in [4.69, 9.17) is 10.6 Å². The van der Waals surface area contributed by atoms with Crippen molar-refractivity contribution in [2.24, 2.45) is 5.84 Å². The lowest BCUT2D eigenvalue weighted by Crippen LogP contribution is -2.21. The van der Waals surface area contributed by atoms with E-state index in [1.807, 2.05) is 0 Å². The van der Waals surface area contributed by atoms with Crippen molar-refractivity contribution in [1.29, 1.82) is 0 Å². The van der Waals surface area contributed by atoms with Gasteiger partial charge in [-0.15, -0.1) is 0 Å². The Kier molecular flexibility index (Phi) is 2.86. The van der Waals surface area contributed by atoms with E-state index in [2.05, 4.69) is 29.5 Å². The monoisotopic (exact) mass is 223 g/mol. The van der Waals surface area contributed by atoms with Gasteiger partial charge < -0.3 is 4.74 Å². The molecule has 5 heteroatoms. The minimum atomic E-state index is 0.616. The molecule has 0 atom stereocenters. The van der Waals surface area contributed by atoms with E-state index in [1.54, 1.807) is 18.4 Å². The maximum Gasteiger partial charge on any atom is 0.274 e. The highest BCUT2D eigenvalue weighted by atomic mass is 32.1. The molecule has 0 aliphatic carbocycles. The van der Waals surface area contributed by atoms with E-state index in [1.165, 1.54) is 5.56 Å². The standard InChI is InChI=1S/C10H13N3OS/c1-6-3-7(5-12-11)9-8(4-6)15-10(13-9)14-2/h3-4,12H,5,11H2,1-2H3. The van der Waals surface area contributed by atoms with Crippen molar-refractivity contribution < 1.29 is 4.74 Å². The number of aromatic nitrogens is 1. The number of benzene rings is 1. The summed E-state index contributed by atoms with van der Waals surface area (Å²) in [6.45, 7) is 2.68. The fraction of sp³-hybridized carbons (Fsp3) is 0.300. The number of ether oxygens (including phenoxy) is 1. The van der Waals surface area contributed by atoms with Crippen LogP contribution in [0.4, 0.5) is 0 Å². The molecule has 0 radical (unpaired) electrons. The first kappa shape index (κ1) is 10.4. The third-order valence-corrected chi connectivity index (χ3v) is 3.13. The first-order valence-electron chi connectivity index (χ1n) is 4.62. The van der Waals surface area contributed by atoms with Gasteiger partial charge in [-0.3, -0.25) is 11.3 Å². The highest BCUT2D eigenvalue weighted by Gasteiger charge is 2.08. The number of hydrogen-bond donors (Lipinski definition) is 2. The number of nitrogens with two attached hydrogens (primary N) is 1. The van der Waals surface area contributed by atoms with Crippen LogP contribution in [-0.2, 0) is 6.54 Å². The molecular formula is C10H13N3OS. The van der Waals surface area contributed by atoms with E-state index in [0.717, 1.165) is 15.8 Å². The SMILES string of the molecule is COc1nc2c(CNN)cc(C)cc2s1. The Balaban J connectivity index is 2.61. The molecule has 0 aliphatic rings. The van der Waals surface area contributed by atoms with Gasteiger partial charge in [-0.2, -0.15) is 0 Å². The second kappa shape index (κ2) is 4.14. The molecule has 0 saturated carbocycles. The number of hydrazine groups is 1. The predicted molar refractivity (Wildman–Crippen MR) is 61.9 cm³/mol. The quantitative estimate of drug-likeness (QED) is 0.612. The van der Waals surface area contributed by atoms with Crippen LogP contribution >= 0.6 is 11.3 Å². The molecule has 2 rings (SSSR count). The molecule has 1 heterocycles. The molecule has 0 amide bonds.